The zero-order chi connectivity index (χ0) is 13.7. The molecule has 0 amide bonds. The molecular formula is C15H24N2O2. The lowest BCUT2D eigenvalue weighted by Crippen LogP contribution is -2.16. The lowest BCUT2D eigenvalue weighted by molar-refractivity contribution is 0.195. The van der Waals surface area contributed by atoms with Gasteiger partial charge in [-0.25, -0.2) is 0 Å². The number of aromatic nitrogens is 1. The van der Waals surface area contributed by atoms with E-state index < -0.39 is 0 Å². The van der Waals surface area contributed by atoms with Crippen LogP contribution in [0.4, 0.5) is 5.69 Å². The van der Waals surface area contributed by atoms with Crippen LogP contribution >= 0.6 is 0 Å². The summed E-state index contributed by atoms with van der Waals surface area (Å²) in [5.41, 5.74) is 6.39. The Morgan fingerprint density at radius 1 is 1.26 bits per heavy atom. The van der Waals surface area contributed by atoms with Gasteiger partial charge in [-0.1, -0.05) is 19.3 Å². The van der Waals surface area contributed by atoms with E-state index >= 15 is 0 Å². The van der Waals surface area contributed by atoms with Crippen LogP contribution in [0.15, 0.2) is 12.1 Å². The minimum absolute atomic E-state index is 0.0587. The highest BCUT2D eigenvalue weighted by Crippen LogP contribution is 2.26. The fraction of sp³-hybridized carbons (Fsp3) is 0.667. The maximum Gasteiger partial charge on any atom is 0.240 e. The molecule has 0 unspecified atom stereocenters. The number of rotatable bonds is 5. The fourth-order valence-corrected chi connectivity index (χ4v) is 2.39. The highest BCUT2D eigenvalue weighted by molar-refractivity contribution is 5.49. The van der Waals surface area contributed by atoms with E-state index in [0.717, 1.165) is 6.61 Å². The van der Waals surface area contributed by atoms with Crippen LogP contribution in [-0.4, -0.2) is 17.7 Å². The van der Waals surface area contributed by atoms with E-state index in [1.54, 1.807) is 6.07 Å². The lowest BCUT2D eigenvalue weighted by Gasteiger charge is -2.21. The van der Waals surface area contributed by atoms with Crippen molar-refractivity contribution in [2.45, 2.75) is 52.1 Å². The Bertz CT molecular complexity index is 401. The van der Waals surface area contributed by atoms with E-state index in [1.165, 1.54) is 32.1 Å². The van der Waals surface area contributed by atoms with Crippen LogP contribution in [0.2, 0.25) is 0 Å². The Morgan fingerprint density at radius 2 is 2.00 bits per heavy atom. The summed E-state index contributed by atoms with van der Waals surface area (Å²) in [6.07, 6.45) is 6.61. The summed E-state index contributed by atoms with van der Waals surface area (Å²) in [5, 5.41) is 0. The molecule has 2 N–H and O–H groups in total. The van der Waals surface area contributed by atoms with E-state index in [-0.39, 0.29) is 6.10 Å². The van der Waals surface area contributed by atoms with E-state index in [4.69, 9.17) is 15.2 Å². The summed E-state index contributed by atoms with van der Waals surface area (Å²) in [6.45, 7) is 4.66. The summed E-state index contributed by atoms with van der Waals surface area (Å²) in [7, 11) is 0. The van der Waals surface area contributed by atoms with Crippen LogP contribution in [0.1, 0.15) is 46.0 Å². The maximum absolute atomic E-state index is 5.83. The standard InChI is InChI=1S/C15H24N2O2/c1-11(2)19-15-13(16)8-9-14(17-15)18-10-12-6-4-3-5-7-12/h8-9,11-12H,3-7,10,16H2,1-2H3. The van der Waals surface area contributed by atoms with Gasteiger partial charge in [-0.15, -0.1) is 0 Å². The van der Waals surface area contributed by atoms with Gasteiger partial charge >= 0.3 is 0 Å². The minimum Gasteiger partial charge on any atom is -0.477 e. The predicted octanol–water partition coefficient (Wildman–Crippen LogP) is 3.41. The maximum atomic E-state index is 5.83. The van der Waals surface area contributed by atoms with Gasteiger partial charge in [-0.2, -0.15) is 4.98 Å². The summed E-state index contributed by atoms with van der Waals surface area (Å²) in [5.74, 6) is 1.74. The third-order valence-electron chi connectivity index (χ3n) is 3.40. The molecule has 0 radical (unpaired) electrons. The Labute approximate surface area is 115 Å². The number of hydrogen-bond acceptors (Lipinski definition) is 4. The molecule has 4 heteroatoms. The molecule has 1 aromatic heterocycles. The highest BCUT2D eigenvalue weighted by Gasteiger charge is 2.15. The van der Waals surface area contributed by atoms with Gasteiger partial charge < -0.3 is 15.2 Å². The molecule has 1 heterocycles. The van der Waals surface area contributed by atoms with Crippen molar-refractivity contribution in [1.82, 2.24) is 4.98 Å². The number of nitrogen functional groups attached to an aromatic ring is 1. The van der Waals surface area contributed by atoms with Gasteiger partial charge in [0.15, 0.2) is 0 Å². The first-order valence-electron chi connectivity index (χ1n) is 7.21. The van der Waals surface area contributed by atoms with Gasteiger partial charge in [0.25, 0.3) is 0 Å². The molecule has 0 bridgehead atoms. The summed E-state index contributed by atoms with van der Waals surface area (Å²) in [6, 6.07) is 3.60. The number of nitrogens with zero attached hydrogens (tertiary/aromatic N) is 1. The Balaban J connectivity index is 1.92. The zero-order valence-corrected chi connectivity index (χ0v) is 11.9. The van der Waals surface area contributed by atoms with Gasteiger partial charge in [0.2, 0.25) is 11.8 Å². The molecule has 1 aromatic rings. The summed E-state index contributed by atoms with van der Waals surface area (Å²) < 4.78 is 11.3. The largest absolute Gasteiger partial charge is 0.477 e. The first kappa shape index (κ1) is 14.0. The first-order valence-corrected chi connectivity index (χ1v) is 7.21. The third-order valence-corrected chi connectivity index (χ3v) is 3.40. The van der Waals surface area contributed by atoms with Crippen LogP contribution in [0, 0.1) is 5.92 Å². The van der Waals surface area contributed by atoms with Crippen molar-refractivity contribution in [2.24, 2.45) is 5.92 Å². The molecule has 106 valence electrons. The van der Waals surface area contributed by atoms with Gasteiger partial charge in [0, 0.05) is 6.07 Å². The molecule has 1 saturated carbocycles. The van der Waals surface area contributed by atoms with Gasteiger partial charge in [-0.05, 0) is 38.7 Å². The van der Waals surface area contributed by atoms with Crippen molar-refractivity contribution in [1.29, 1.82) is 0 Å². The molecule has 2 rings (SSSR count). The van der Waals surface area contributed by atoms with E-state index in [1.807, 2.05) is 19.9 Å². The average Bonchev–Trinajstić information content (AvgIpc) is 2.40. The van der Waals surface area contributed by atoms with Gasteiger partial charge in [-0.3, -0.25) is 0 Å². The number of ether oxygens (including phenoxy) is 2. The van der Waals surface area contributed by atoms with Crippen LogP contribution in [-0.2, 0) is 0 Å². The molecule has 0 aromatic carbocycles. The average molecular weight is 264 g/mol. The molecule has 0 atom stereocenters. The monoisotopic (exact) mass is 264 g/mol. The molecule has 1 aliphatic carbocycles. The van der Waals surface area contributed by atoms with Crippen molar-refractivity contribution < 1.29 is 9.47 Å². The zero-order valence-electron chi connectivity index (χ0n) is 11.9. The molecule has 0 aliphatic heterocycles. The quantitative estimate of drug-likeness (QED) is 0.885. The SMILES string of the molecule is CC(C)Oc1nc(OCC2CCCCC2)ccc1N. The van der Waals surface area contributed by atoms with Crippen molar-refractivity contribution in [2.75, 3.05) is 12.3 Å². The molecule has 0 spiro atoms. The molecular weight excluding hydrogens is 240 g/mol. The molecule has 1 aliphatic rings. The lowest BCUT2D eigenvalue weighted by atomic mass is 9.90. The van der Waals surface area contributed by atoms with E-state index in [2.05, 4.69) is 4.98 Å². The first-order chi connectivity index (χ1) is 9.15. The Morgan fingerprint density at radius 3 is 2.68 bits per heavy atom. The van der Waals surface area contributed by atoms with E-state index in [0.29, 0.717) is 23.4 Å². The molecule has 4 nitrogen and oxygen atoms in total. The predicted molar refractivity (Wildman–Crippen MR) is 76.5 cm³/mol. The minimum atomic E-state index is 0.0587. The molecule has 19 heavy (non-hydrogen) atoms. The fourth-order valence-electron chi connectivity index (χ4n) is 2.39. The van der Waals surface area contributed by atoms with Crippen molar-refractivity contribution in [3.63, 3.8) is 0 Å². The Kier molecular flexibility index (Phi) is 4.88. The number of hydrogen-bond donors (Lipinski definition) is 1. The van der Waals surface area contributed by atoms with Crippen LogP contribution < -0.4 is 15.2 Å². The van der Waals surface area contributed by atoms with Crippen molar-refractivity contribution >= 4 is 5.69 Å². The third kappa shape index (κ3) is 4.30. The molecule has 0 saturated heterocycles. The Hall–Kier alpha value is -1.45. The number of nitrogens with two attached hydrogens (primary N) is 1. The summed E-state index contributed by atoms with van der Waals surface area (Å²) in [4.78, 5) is 4.33. The van der Waals surface area contributed by atoms with Gasteiger partial charge in [0.1, 0.15) is 0 Å². The summed E-state index contributed by atoms with van der Waals surface area (Å²) >= 11 is 0. The highest BCUT2D eigenvalue weighted by atomic mass is 16.5. The second kappa shape index (κ2) is 6.64. The van der Waals surface area contributed by atoms with Crippen LogP contribution in [0.5, 0.6) is 11.8 Å². The smallest absolute Gasteiger partial charge is 0.240 e. The van der Waals surface area contributed by atoms with Gasteiger partial charge in [0.05, 0.1) is 18.4 Å². The topological polar surface area (TPSA) is 57.4 Å². The number of anilines is 1. The van der Waals surface area contributed by atoms with Crippen LogP contribution in [0.25, 0.3) is 0 Å². The van der Waals surface area contributed by atoms with Crippen molar-refractivity contribution in [3.8, 4) is 11.8 Å². The van der Waals surface area contributed by atoms with Crippen LogP contribution in [0.3, 0.4) is 0 Å². The second-order valence-electron chi connectivity index (χ2n) is 5.53. The normalized spacial score (nSPS) is 16.6. The molecule has 1 fully saturated rings. The number of pyridine rings is 1. The van der Waals surface area contributed by atoms with Crippen molar-refractivity contribution in [3.05, 3.63) is 12.1 Å². The van der Waals surface area contributed by atoms with E-state index in [9.17, 15) is 0 Å². The second-order valence-corrected chi connectivity index (χ2v) is 5.53.